The van der Waals surface area contributed by atoms with Crippen LogP contribution in [-0.4, -0.2) is 24.1 Å². The van der Waals surface area contributed by atoms with Crippen molar-refractivity contribution < 1.29 is 19.4 Å². The number of amides is 1. The molecule has 1 aromatic rings. The molecule has 2 unspecified atom stereocenters. The van der Waals surface area contributed by atoms with Crippen LogP contribution in [-0.2, 0) is 16.1 Å². The molecule has 0 heterocycles. The minimum absolute atomic E-state index is 0.259. The fourth-order valence-corrected chi connectivity index (χ4v) is 1.53. The molecule has 1 amide bonds. The van der Waals surface area contributed by atoms with Crippen molar-refractivity contribution in [3.63, 3.8) is 0 Å². The molecule has 0 fully saturated rings. The Kier molecular flexibility index (Phi) is 5.36. The summed E-state index contributed by atoms with van der Waals surface area (Å²) in [6, 6.07) is 7.32. The Morgan fingerprint density at radius 3 is 2.26 bits per heavy atom. The zero-order valence-electron chi connectivity index (χ0n) is 11.3. The molecule has 2 N–H and O–H groups in total. The Labute approximate surface area is 112 Å². The summed E-state index contributed by atoms with van der Waals surface area (Å²) in [5.41, 5.74) is 0.935. The van der Waals surface area contributed by atoms with E-state index in [4.69, 9.17) is 9.84 Å². The van der Waals surface area contributed by atoms with E-state index in [0.29, 0.717) is 6.54 Å². The molecule has 0 aliphatic carbocycles. The van der Waals surface area contributed by atoms with E-state index in [2.05, 4.69) is 5.32 Å². The van der Waals surface area contributed by atoms with Gasteiger partial charge in [0.1, 0.15) is 5.75 Å². The number of hydrogen-bond acceptors (Lipinski definition) is 3. The number of ether oxygens (including phenoxy) is 1. The van der Waals surface area contributed by atoms with Gasteiger partial charge in [0.15, 0.2) is 0 Å². The van der Waals surface area contributed by atoms with Crippen LogP contribution in [0.15, 0.2) is 24.3 Å². The third kappa shape index (κ3) is 4.28. The normalized spacial score (nSPS) is 13.4. The summed E-state index contributed by atoms with van der Waals surface area (Å²) < 4.78 is 5.04. The van der Waals surface area contributed by atoms with Crippen LogP contribution in [0.25, 0.3) is 0 Å². The van der Waals surface area contributed by atoms with E-state index in [1.54, 1.807) is 14.0 Å². The average Bonchev–Trinajstić information content (AvgIpc) is 2.43. The van der Waals surface area contributed by atoms with Crippen molar-refractivity contribution in [3.8, 4) is 5.75 Å². The molecule has 0 radical (unpaired) electrons. The summed E-state index contributed by atoms with van der Waals surface area (Å²) in [5.74, 6) is -1.73. The number of carboxylic acids is 1. The molecule has 5 nitrogen and oxygen atoms in total. The van der Waals surface area contributed by atoms with E-state index in [-0.39, 0.29) is 5.91 Å². The number of carboxylic acid groups (broad SMARTS) is 1. The van der Waals surface area contributed by atoms with Gasteiger partial charge in [0.05, 0.1) is 13.0 Å². The minimum atomic E-state index is -0.966. The Balaban J connectivity index is 2.51. The second-order valence-electron chi connectivity index (χ2n) is 4.48. The summed E-state index contributed by atoms with van der Waals surface area (Å²) >= 11 is 0. The van der Waals surface area contributed by atoms with Crippen molar-refractivity contribution in [1.29, 1.82) is 0 Å². The Morgan fingerprint density at radius 2 is 1.79 bits per heavy atom. The maximum atomic E-state index is 11.8. The molecule has 0 saturated carbocycles. The zero-order chi connectivity index (χ0) is 14.4. The van der Waals surface area contributed by atoms with Gasteiger partial charge in [-0.15, -0.1) is 0 Å². The van der Waals surface area contributed by atoms with Crippen molar-refractivity contribution in [2.75, 3.05) is 7.11 Å². The van der Waals surface area contributed by atoms with Crippen molar-refractivity contribution in [3.05, 3.63) is 29.8 Å². The molecule has 104 valence electrons. The fraction of sp³-hybridized carbons (Fsp3) is 0.429. The van der Waals surface area contributed by atoms with Gasteiger partial charge in [-0.3, -0.25) is 9.59 Å². The largest absolute Gasteiger partial charge is 0.497 e. The van der Waals surface area contributed by atoms with Crippen LogP contribution in [0, 0.1) is 11.8 Å². The quantitative estimate of drug-likeness (QED) is 0.820. The molecule has 0 aromatic heterocycles. The van der Waals surface area contributed by atoms with Crippen LogP contribution in [0.3, 0.4) is 0 Å². The molecular formula is C14H19NO4. The predicted octanol–water partition coefficient (Wildman–Crippen LogP) is 1.67. The molecule has 2 atom stereocenters. The average molecular weight is 265 g/mol. The number of rotatable bonds is 6. The molecule has 1 rings (SSSR count). The van der Waals surface area contributed by atoms with Crippen LogP contribution in [0.5, 0.6) is 5.75 Å². The van der Waals surface area contributed by atoms with Gasteiger partial charge in [0.25, 0.3) is 0 Å². The number of nitrogens with one attached hydrogen (secondary N) is 1. The van der Waals surface area contributed by atoms with Crippen molar-refractivity contribution in [2.45, 2.75) is 20.4 Å². The molecule has 1 aromatic carbocycles. The Hall–Kier alpha value is -2.04. The first-order chi connectivity index (χ1) is 8.95. The van der Waals surface area contributed by atoms with E-state index < -0.39 is 17.8 Å². The zero-order valence-corrected chi connectivity index (χ0v) is 11.3. The lowest BCUT2D eigenvalue weighted by atomic mass is 9.95. The van der Waals surface area contributed by atoms with E-state index in [9.17, 15) is 9.59 Å². The number of aliphatic carboxylic acids is 1. The first-order valence-corrected chi connectivity index (χ1v) is 6.09. The monoisotopic (exact) mass is 265 g/mol. The highest BCUT2D eigenvalue weighted by molar-refractivity contribution is 5.84. The second kappa shape index (κ2) is 6.78. The van der Waals surface area contributed by atoms with Crippen molar-refractivity contribution >= 4 is 11.9 Å². The third-order valence-corrected chi connectivity index (χ3v) is 3.18. The number of methoxy groups -OCH3 is 1. The molecule has 0 aliphatic heterocycles. The van der Waals surface area contributed by atoms with Crippen LogP contribution in [0.2, 0.25) is 0 Å². The van der Waals surface area contributed by atoms with Gasteiger partial charge in [-0.25, -0.2) is 0 Å². The van der Waals surface area contributed by atoms with Gasteiger partial charge >= 0.3 is 5.97 Å². The number of carbonyl (C=O) groups is 2. The number of benzene rings is 1. The summed E-state index contributed by atoms with van der Waals surface area (Å²) in [7, 11) is 1.59. The van der Waals surface area contributed by atoms with E-state index in [0.717, 1.165) is 11.3 Å². The first kappa shape index (κ1) is 15.0. The molecular weight excluding hydrogens is 246 g/mol. The lowest BCUT2D eigenvalue weighted by molar-refractivity contribution is -0.146. The van der Waals surface area contributed by atoms with Crippen LogP contribution in [0.1, 0.15) is 19.4 Å². The molecule has 0 bridgehead atoms. The summed E-state index contributed by atoms with van der Waals surface area (Å²) in [5, 5.41) is 11.6. The van der Waals surface area contributed by atoms with Crippen molar-refractivity contribution in [2.24, 2.45) is 11.8 Å². The molecule has 5 heteroatoms. The highest BCUT2D eigenvalue weighted by Gasteiger charge is 2.25. The van der Waals surface area contributed by atoms with Gasteiger partial charge in [0, 0.05) is 12.5 Å². The van der Waals surface area contributed by atoms with Crippen LogP contribution < -0.4 is 10.1 Å². The van der Waals surface area contributed by atoms with Gasteiger partial charge in [-0.05, 0) is 17.7 Å². The van der Waals surface area contributed by atoms with Gasteiger partial charge in [-0.2, -0.15) is 0 Å². The fourth-order valence-electron chi connectivity index (χ4n) is 1.53. The SMILES string of the molecule is COc1ccc(CNC(=O)C(C)C(C)C(=O)O)cc1. The number of hydrogen-bond donors (Lipinski definition) is 2. The summed E-state index contributed by atoms with van der Waals surface area (Å²) in [6.07, 6.45) is 0. The van der Waals surface area contributed by atoms with Crippen molar-refractivity contribution in [1.82, 2.24) is 5.32 Å². The highest BCUT2D eigenvalue weighted by Crippen LogP contribution is 2.13. The maximum Gasteiger partial charge on any atom is 0.307 e. The Morgan fingerprint density at radius 1 is 1.21 bits per heavy atom. The minimum Gasteiger partial charge on any atom is -0.497 e. The molecule has 19 heavy (non-hydrogen) atoms. The van der Waals surface area contributed by atoms with Crippen LogP contribution in [0.4, 0.5) is 0 Å². The van der Waals surface area contributed by atoms with Gasteiger partial charge in [0.2, 0.25) is 5.91 Å². The standard InChI is InChI=1S/C14H19NO4/c1-9(10(2)14(17)18)13(16)15-8-11-4-6-12(19-3)7-5-11/h4-7,9-10H,8H2,1-3H3,(H,15,16)(H,17,18). The van der Waals surface area contributed by atoms with E-state index in [1.807, 2.05) is 24.3 Å². The molecule has 0 aliphatic rings. The molecule has 0 spiro atoms. The van der Waals surface area contributed by atoms with E-state index >= 15 is 0 Å². The summed E-state index contributed by atoms with van der Waals surface area (Å²) in [4.78, 5) is 22.6. The topological polar surface area (TPSA) is 75.6 Å². The first-order valence-electron chi connectivity index (χ1n) is 6.09. The third-order valence-electron chi connectivity index (χ3n) is 3.18. The predicted molar refractivity (Wildman–Crippen MR) is 70.8 cm³/mol. The Bertz CT molecular complexity index is 441. The summed E-state index contributed by atoms with van der Waals surface area (Å²) in [6.45, 7) is 3.52. The lowest BCUT2D eigenvalue weighted by Crippen LogP contribution is -2.34. The van der Waals surface area contributed by atoms with Gasteiger partial charge < -0.3 is 15.2 Å². The maximum absolute atomic E-state index is 11.8. The highest BCUT2D eigenvalue weighted by atomic mass is 16.5. The van der Waals surface area contributed by atoms with Gasteiger partial charge in [-0.1, -0.05) is 26.0 Å². The molecule has 0 saturated heterocycles. The van der Waals surface area contributed by atoms with Crippen LogP contribution >= 0.6 is 0 Å². The second-order valence-corrected chi connectivity index (χ2v) is 4.48. The van der Waals surface area contributed by atoms with E-state index in [1.165, 1.54) is 6.92 Å². The number of carbonyl (C=O) groups excluding carboxylic acids is 1. The smallest absolute Gasteiger partial charge is 0.307 e. The lowest BCUT2D eigenvalue weighted by Gasteiger charge is -2.15.